The van der Waals surface area contributed by atoms with Crippen LogP contribution in [0.4, 0.5) is 0 Å². The SMILES string of the molecule is CCCCCCCC(=O)NCc1ccc(OCCC(C)C)c(OC)c1. The molecule has 142 valence electrons. The molecule has 4 nitrogen and oxygen atoms in total. The van der Waals surface area contributed by atoms with Gasteiger partial charge >= 0.3 is 0 Å². The fourth-order valence-corrected chi connectivity index (χ4v) is 2.52. The molecule has 1 aromatic rings. The molecule has 1 rings (SSSR count). The molecule has 1 amide bonds. The van der Waals surface area contributed by atoms with Gasteiger partial charge in [0.1, 0.15) is 0 Å². The maximum Gasteiger partial charge on any atom is 0.220 e. The van der Waals surface area contributed by atoms with E-state index in [9.17, 15) is 4.79 Å². The Bertz CT molecular complexity index is 500. The predicted octanol–water partition coefficient (Wildman–Crippen LogP) is 5.10. The molecule has 0 spiro atoms. The molecule has 25 heavy (non-hydrogen) atoms. The summed E-state index contributed by atoms with van der Waals surface area (Å²) in [6, 6.07) is 5.84. The zero-order chi connectivity index (χ0) is 18.5. The van der Waals surface area contributed by atoms with Gasteiger partial charge in [-0.1, -0.05) is 52.5 Å². The minimum atomic E-state index is 0.118. The number of rotatable bonds is 13. The van der Waals surface area contributed by atoms with Crippen LogP contribution in [0.1, 0.15) is 71.3 Å². The van der Waals surface area contributed by atoms with Crippen molar-refractivity contribution in [3.05, 3.63) is 23.8 Å². The predicted molar refractivity (Wildman–Crippen MR) is 103 cm³/mol. The number of carbonyl (C=O) groups is 1. The molecule has 0 aliphatic carbocycles. The summed E-state index contributed by atoms with van der Waals surface area (Å²) in [4.78, 5) is 11.9. The fourth-order valence-electron chi connectivity index (χ4n) is 2.52. The first kappa shape index (κ1) is 21.3. The Labute approximate surface area is 153 Å². The third-order valence-corrected chi connectivity index (χ3v) is 4.18. The second-order valence-electron chi connectivity index (χ2n) is 6.96. The van der Waals surface area contributed by atoms with E-state index in [4.69, 9.17) is 9.47 Å². The van der Waals surface area contributed by atoms with E-state index >= 15 is 0 Å². The van der Waals surface area contributed by atoms with Crippen LogP contribution >= 0.6 is 0 Å². The van der Waals surface area contributed by atoms with Crippen molar-refractivity contribution in [2.45, 2.75) is 72.3 Å². The van der Waals surface area contributed by atoms with Gasteiger partial charge in [-0.2, -0.15) is 0 Å². The quantitative estimate of drug-likeness (QED) is 0.504. The molecular formula is C21H35NO3. The topological polar surface area (TPSA) is 47.6 Å². The summed E-state index contributed by atoms with van der Waals surface area (Å²) < 4.78 is 11.2. The first-order valence-electron chi connectivity index (χ1n) is 9.63. The highest BCUT2D eigenvalue weighted by Gasteiger charge is 2.08. The molecule has 0 saturated carbocycles. The van der Waals surface area contributed by atoms with E-state index in [1.54, 1.807) is 7.11 Å². The lowest BCUT2D eigenvalue weighted by atomic mass is 10.1. The first-order chi connectivity index (χ1) is 12.1. The van der Waals surface area contributed by atoms with Crippen molar-refractivity contribution in [1.29, 1.82) is 0 Å². The molecule has 4 heteroatoms. The number of ether oxygens (including phenoxy) is 2. The monoisotopic (exact) mass is 349 g/mol. The number of nitrogens with one attached hydrogen (secondary N) is 1. The van der Waals surface area contributed by atoms with Gasteiger partial charge in [-0.3, -0.25) is 4.79 Å². The van der Waals surface area contributed by atoms with E-state index in [2.05, 4.69) is 26.1 Å². The van der Waals surface area contributed by atoms with E-state index in [0.717, 1.165) is 36.3 Å². The average Bonchev–Trinajstić information content (AvgIpc) is 2.60. The zero-order valence-electron chi connectivity index (χ0n) is 16.4. The van der Waals surface area contributed by atoms with Crippen molar-refractivity contribution in [1.82, 2.24) is 5.32 Å². The largest absolute Gasteiger partial charge is 0.493 e. The van der Waals surface area contributed by atoms with Crippen LogP contribution in [0, 0.1) is 5.92 Å². The Hall–Kier alpha value is -1.71. The number of hydrogen-bond donors (Lipinski definition) is 1. The lowest BCUT2D eigenvalue weighted by Crippen LogP contribution is -2.22. The second-order valence-corrected chi connectivity index (χ2v) is 6.96. The van der Waals surface area contributed by atoms with Crippen molar-refractivity contribution in [3.8, 4) is 11.5 Å². The Balaban J connectivity index is 2.39. The highest BCUT2D eigenvalue weighted by molar-refractivity contribution is 5.75. The van der Waals surface area contributed by atoms with Gasteiger partial charge in [-0.25, -0.2) is 0 Å². The van der Waals surface area contributed by atoms with E-state index in [1.165, 1.54) is 19.3 Å². The number of carbonyl (C=O) groups excluding carboxylic acids is 1. The highest BCUT2D eigenvalue weighted by atomic mass is 16.5. The smallest absolute Gasteiger partial charge is 0.220 e. The lowest BCUT2D eigenvalue weighted by molar-refractivity contribution is -0.121. The molecule has 0 aliphatic rings. The third-order valence-electron chi connectivity index (χ3n) is 4.18. The number of hydrogen-bond acceptors (Lipinski definition) is 3. The molecule has 0 aliphatic heterocycles. The average molecular weight is 350 g/mol. The highest BCUT2D eigenvalue weighted by Crippen LogP contribution is 2.28. The summed E-state index contributed by atoms with van der Waals surface area (Å²) in [5.74, 6) is 2.21. The normalized spacial score (nSPS) is 10.8. The Kier molecular flexibility index (Phi) is 10.8. The minimum Gasteiger partial charge on any atom is -0.493 e. The van der Waals surface area contributed by atoms with Crippen LogP contribution in [-0.4, -0.2) is 19.6 Å². The summed E-state index contributed by atoms with van der Waals surface area (Å²) >= 11 is 0. The van der Waals surface area contributed by atoms with Crippen LogP contribution in [0.2, 0.25) is 0 Å². The molecule has 1 aromatic carbocycles. The lowest BCUT2D eigenvalue weighted by Gasteiger charge is -2.13. The number of unbranched alkanes of at least 4 members (excludes halogenated alkanes) is 4. The van der Waals surface area contributed by atoms with Crippen molar-refractivity contribution >= 4 is 5.91 Å². The summed E-state index contributed by atoms with van der Waals surface area (Å²) in [6.07, 6.45) is 7.43. The van der Waals surface area contributed by atoms with Gasteiger partial charge in [0.05, 0.1) is 13.7 Å². The molecule has 0 radical (unpaired) electrons. The molecule has 0 heterocycles. The molecule has 0 saturated heterocycles. The van der Waals surface area contributed by atoms with Gasteiger partial charge in [0.25, 0.3) is 0 Å². The minimum absolute atomic E-state index is 0.118. The standard InChI is InChI=1S/C21H35NO3/c1-5-6-7-8-9-10-21(23)22-16-18-11-12-19(20(15-18)24-4)25-14-13-17(2)3/h11-12,15,17H,5-10,13-14,16H2,1-4H3,(H,22,23). The Morgan fingerprint density at radius 1 is 1.12 bits per heavy atom. The van der Waals surface area contributed by atoms with Gasteiger partial charge in [-0.05, 0) is 36.5 Å². The van der Waals surface area contributed by atoms with Gasteiger partial charge in [-0.15, -0.1) is 0 Å². The summed E-state index contributed by atoms with van der Waals surface area (Å²) in [7, 11) is 1.64. The van der Waals surface area contributed by atoms with E-state index in [-0.39, 0.29) is 5.91 Å². The van der Waals surface area contributed by atoms with Gasteiger partial charge < -0.3 is 14.8 Å². The van der Waals surface area contributed by atoms with Crippen LogP contribution < -0.4 is 14.8 Å². The first-order valence-corrected chi connectivity index (χ1v) is 9.63. The van der Waals surface area contributed by atoms with Crippen molar-refractivity contribution < 1.29 is 14.3 Å². The van der Waals surface area contributed by atoms with Gasteiger partial charge in [0, 0.05) is 13.0 Å². The van der Waals surface area contributed by atoms with Crippen molar-refractivity contribution in [2.75, 3.05) is 13.7 Å². The van der Waals surface area contributed by atoms with Crippen molar-refractivity contribution in [2.24, 2.45) is 5.92 Å². The molecule has 0 bridgehead atoms. The van der Waals surface area contributed by atoms with Crippen LogP contribution in [0.15, 0.2) is 18.2 Å². The number of methoxy groups -OCH3 is 1. The third kappa shape index (κ3) is 9.37. The molecule has 0 atom stereocenters. The summed E-state index contributed by atoms with van der Waals surface area (Å²) in [5.41, 5.74) is 1.02. The maximum atomic E-state index is 11.9. The molecule has 1 N–H and O–H groups in total. The van der Waals surface area contributed by atoms with Crippen molar-refractivity contribution in [3.63, 3.8) is 0 Å². The summed E-state index contributed by atoms with van der Waals surface area (Å²) in [5, 5.41) is 2.98. The van der Waals surface area contributed by atoms with E-state index in [0.29, 0.717) is 25.5 Å². The zero-order valence-corrected chi connectivity index (χ0v) is 16.4. The van der Waals surface area contributed by atoms with Crippen LogP contribution in [0.5, 0.6) is 11.5 Å². The molecule has 0 aromatic heterocycles. The van der Waals surface area contributed by atoms with E-state index in [1.807, 2.05) is 18.2 Å². The molecular weight excluding hydrogens is 314 g/mol. The molecule has 0 fully saturated rings. The van der Waals surface area contributed by atoms with Crippen LogP contribution in [-0.2, 0) is 11.3 Å². The maximum absolute atomic E-state index is 11.9. The summed E-state index contributed by atoms with van der Waals surface area (Å²) in [6.45, 7) is 7.76. The van der Waals surface area contributed by atoms with E-state index < -0.39 is 0 Å². The van der Waals surface area contributed by atoms with Crippen LogP contribution in [0.3, 0.4) is 0 Å². The second kappa shape index (κ2) is 12.6. The number of amides is 1. The Morgan fingerprint density at radius 3 is 2.56 bits per heavy atom. The number of benzene rings is 1. The fraction of sp³-hybridized carbons (Fsp3) is 0.667. The van der Waals surface area contributed by atoms with Gasteiger partial charge in [0.2, 0.25) is 5.91 Å². The Morgan fingerprint density at radius 2 is 1.88 bits per heavy atom. The van der Waals surface area contributed by atoms with Crippen LogP contribution in [0.25, 0.3) is 0 Å². The molecule has 0 unspecified atom stereocenters. The van der Waals surface area contributed by atoms with Gasteiger partial charge in [0.15, 0.2) is 11.5 Å².